The van der Waals surface area contributed by atoms with E-state index in [-0.39, 0.29) is 5.78 Å². The molecule has 1 saturated heterocycles. The molecule has 0 radical (unpaired) electrons. The molecule has 1 aromatic carbocycles. The minimum Gasteiger partial charge on any atom is -0.369 e. The molecule has 1 aliphatic heterocycles. The molecule has 0 N–H and O–H groups in total. The predicted molar refractivity (Wildman–Crippen MR) is 122 cm³/mol. The number of rotatable bonds is 7. The normalized spacial score (nSPS) is 14.7. The first-order valence-corrected chi connectivity index (χ1v) is 11.7. The number of halogens is 2. The number of Topliss-reactive ketones (excluding diaryl/α,β-unsaturated/α-hetero) is 1. The zero-order chi connectivity index (χ0) is 22.7. The number of hydrogen-bond acceptors (Lipinski definition) is 6. The number of ketones is 1. The van der Waals surface area contributed by atoms with Gasteiger partial charge in [-0.1, -0.05) is 0 Å². The summed E-state index contributed by atoms with van der Waals surface area (Å²) in [6, 6.07) is 7.45. The van der Waals surface area contributed by atoms with Crippen LogP contribution in [0.2, 0.25) is 0 Å². The van der Waals surface area contributed by atoms with Crippen LogP contribution in [-0.2, 0) is 0 Å². The Labute approximate surface area is 190 Å². The van der Waals surface area contributed by atoms with Crippen LogP contribution >= 0.6 is 11.8 Å². The number of benzene rings is 1. The number of piperazine rings is 1. The maximum atomic E-state index is 13.5. The SMILES string of the molecule is CSc1cccnc1-n1ncc(C(=O)CCN2CCN(c3cc(F)cc(F)c3)CC2)c1C. The second-order valence-electron chi connectivity index (χ2n) is 7.71. The largest absolute Gasteiger partial charge is 0.369 e. The number of anilines is 1. The van der Waals surface area contributed by atoms with E-state index in [9.17, 15) is 13.6 Å². The van der Waals surface area contributed by atoms with Crippen molar-refractivity contribution in [3.63, 3.8) is 0 Å². The van der Waals surface area contributed by atoms with Crippen LogP contribution in [0.4, 0.5) is 14.5 Å². The summed E-state index contributed by atoms with van der Waals surface area (Å²) in [5, 5.41) is 4.41. The molecule has 6 nitrogen and oxygen atoms in total. The number of aromatic nitrogens is 3. The standard InChI is InChI=1S/C23H25F2N5OS/c1-16-20(15-27-30(16)23-22(32-2)4-3-6-26-23)21(31)5-7-28-8-10-29(11-9-28)19-13-17(24)12-18(25)14-19/h3-4,6,12-15H,5,7-11H2,1-2H3. The van der Waals surface area contributed by atoms with Crippen LogP contribution in [0.1, 0.15) is 22.5 Å². The Hall–Kier alpha value is -2.78. The van der Waals surface area contributed by atoms with Crippen molar-refractivity contribution >= 4 is 23.2 Å². The van der Waals surface area contributed by atoms with E-state index in [1.54, 1.807) is 28.8 Å². The molecule has 1 fully saturated rings. The summed E-state index contributed by atoms with van der Waals surface area (Å²) < 4.78 is 28.7. The summed E-state index contributed by atoms with van der Waals surface area (Å²) in [6.45, 7) is 5.30. The summed E-state index contributed by atoms with van der Waals surface area (Å²) in [7, 11) is 0. The van der Waals surface area contributed by atoms with Crippen molar-refractivity contribution in [2.24, 2.45) is 0 Å². The van der Waals surface area contributed by atoms with E-state index >= 15 is 0 Å². The highest BCUT2D eigenvalue weighted by molar-refractivity contribution is 7.98. The number of thioether (sulfide) groups is 1. The molecule has 3 heterocycles. The van der Waals surface area contributed by atoms with Crippen molar-refractivity contribution in [3.05, 3.63) is 65.6 Å². The molecular weight excluding hydrogens is 432 g/mol. The third-order valence-corrected chi connectivity index (χ3v) is 6.48. The molecule has 2 aromatic heterocycles. The lowest BCUT2D eigenvalue weighted by Gasteiger charge is -2.36. The van der Waals surface area contributed by atoms with E-state index in [1.165, 1.54) is 12.1 Å². The van der Waals surface area contributed by atoms with Gasteiger partial charge in [-0.2, -0.15) is 5.10 Å². The summed E-state index contributed by atoms with van der Waals surface area (Å²) in [5.41, 5.74) is 1.94. The van der Waals surface area contributed by atoms with E-state index in [0.29, 0.717) is 37.3 Å². The van der Waals surface area contributed by atoms with Gasteiger partial charge in [-0.25, -0.2) is 18.4 Å². The van der Waals surface area contributed by atoms with Gasteiger partial charge in [-0.05, 0) is 37.4 Å². The maximum absolute atomic E-state index is 13.5. The Morgan fingerprint density at radius 2 is 1.84 bits per heavy atom. The van der Waals surface area contributed by atoms with Gasteiger partial charge in [0.2, 0.25) is 0 Å². The number of nitrogens with zero attached hydrogens (tertiary/aromatic N) is 5. The quantitative estimate of drug-likeness (QED) is 0.395. The van der Waals surface area contributed by atoms with E-state index < -0.39 is 11.6 Å². The Morgan fingerprint density at radius 1 is 1.12 bits per heavy atom. The van der Waals surface area contributed by atoms with Gasteiger partial charge >= 0.3 is 0 Å². The first kappa shape index (κ1) is 22.4. The number of carbonyl (C=O) groups excluding carboxylic acids is 1. The van der Waals surface area contributed by atoms with Gasteiger partial charge in [0.05, 0.1) is 22.3 Å². The van der Waals surface area contributed by atoms with Gasteiger partial charge in [-0.3, -0.25) is 9.69 Å². The van der Waals surface area contributed by atoms with E-state index in [1.807, 2.05) is 30.2 Å². The number of carbonyl (C=O) groups is 1. The lowest BCUT2D eigenvalue weighted by Crippen LogP contribution is -2.47. The molecule has 9 heteroatoms. The second-order valence-corrected chi connectivity index (χ2v) is 8.56. The average Bonchev–Trinajstić information content (AvgIpc) is 3.18. The highest BCUT2D eigenvalue weighted by atomic mass is 32.2. The first-order chi connectivity index (χ1) is 15.5. The van der Waals surface area contributed by atoms with Gasteiger partial charge in [0.25, 0.3) is 0 Å². The third-order valence-electron chi connectivity index (χ3n) is 5.72. The Kier molecular flexibility index (Phi) is 6.86. The molecule has 168 valence electrons. The summed E-state index contributed by atoms with van der Waals surface area (Å²) >= 11 is 1.59. The minimum atomic E-state index is -0.570. The first-order valence-electron chi connectivity index (χ1n) is 10.5. The predicted octanol–water partition coefficient (Wildman–Crippen LogP) is 3.97. The zero-order valence-electron chi connectivity index (χ0n) is 18.1. The fourth-order valence-corrected chi connectivity index (χ4v) is 4.48. The average molecular weight is 458 g/mol. The van der Waals surface area contributed by atoms with E-state index in [4.69, 9.17) is 0 Å². The van der Waals surface area contributed by atoms with Crippen LogP contribution in [0.5, 0.6) is 0 Å². The minimum absolute atomic E-state index is 0.0463. The van der Waals surface area contributed by atoms with Crippen LogP contribution in [0.15, 0.2) is 47.6 Å². The molecule has 4 rings (SSSR count). The molecule has 0 bridgehead atoms. The fourth-order valence-electron chi connectivity index (χ4n) is 3.94. The molecule has 0 amide bonds. The van der Waals surface area contributed by atoms with Crippen LogP contribution in [0.3, 0.4) is 0 Å². The molecule has 0 spiro atoms. The van der Waals surface area contributed by atoms with Crippen molar-refractivity contribution in [1.29, 1.82) is 0 Å². The summed E-state index contributed by atoms with van der Waals surface area (Å²) in [5.74, 6) is -0.370. The molecule has 0 unspecified atom stereocenters. The summed E-state index contributed by atoms with van der Waals surface area (Å²) in [4.78, 5) is 22.5. The molecule has 0 atom stereocenters. The topological polar surface area (TPSA) is 54.3 Å². The van der Waals surface area contributed by atoms with E-state index in [0.717, 1.165) is 35.6 Å². The van der Waals surface area contributed by atoms with Crippen molar-refractivity contribution in [2.45, 2.75) is 18.2 Å². The van der Waals surface area contributed by atoms with Gasteiger partial charge < -0.3 is 4.90 Å². The van der Waals surface area contributed by atoms with Crippen molar-refractivity contribution < 1.29 is 13.6 Å². The number of pyridine rings is 1. The van der Waals surface area contributed by atoms with Crippen molar-refractivity contribution in [2.75, 3.05) is 43.9 Å². The third kappa shape index (κ3) is 4.83. The van der Waals surface area contributed by atoms with Gasteiger partial charge in [0.15, 0.2) is 11.6 Å². The molecule has 0 saturated carbocycles. The lowest BCUT2D eigenvalue weighted by atomic mass is 10.1. The van der Waals surface area contributed by atoms with Crippen LogP contribution in [0, 0.1) is 18.6 Å². The fraction of sp³-hybridized carbons (Fsp3) is 0.348. The van der Waals surface area contributed by atoms with Crippen LogP contribution in [0.25, 0.3) is 5.82 Å². The van der Waals surface area contributed by atoms with Gasteiger partial charge in [0.1, 0.15) is 11.6 Å². The van der Waals surface area contributed by atoms with Crippen LogP contribution < -0.4 is 4.90 Å². The van der Waals surface area contributed by atoms with Crippen molar-refractivity contribution in [3.8, 4) is 5.82 Å². The van der Waals surface area contributed by atoms with Crippen LogP contribution in [-0.4, -0.2) is 64.4 Å². The zero-order valence-corrected chi connectivity index (χ0v) is 18.9. The highest BCUT2D eigenvalue weighted by Crippen LogP contribution is 2.24. The van der Waals surface area contributed by atoms with Crippen molar-refractivity contribution in [1.82, 2.24) is 19.7 Å². The van der Waals surface area contributed by atoms with E-state index in [2.05, 4.69) is 15.0 Å². The second kappa shape index (κ2) is 9.79. The highest BCUT2D eigenvalue weighted by Gasteiger charge is 2.21. The Bertz CT molecular complexity index is 1090. The van der Waals surface area contributed by atoms with Gasteiger partial charge in [-0.15, -0.1) is 11.8 Å². The number of hydrogen-bond donors (Lipinski definition) is 0. The smallest absolute Gasteiger partial charge is 0.167 e. The monoisotopic (exact) mass is 457 g/mol. The molecule has 32 heavy (non-hydrogen) atoms. The molecular formula is C23H25F2N5OS. The molecule has 0 aliphatic carbocycles. The summed E-state index contributed by atoms with van der Waals surface area (Å²) in [6.07, 6.45) is 5.71. The Morgan fingerprint density at radius 3 is 2.53 bits per heavy atom. The lowest BCUT2D eigenvalue weighted by molar-refractivity contribution is 0.0962. The van der Waals surface area contributed by atoms with Gasteiger partial charge in [0, 0.05) is 57.1 Å². The molecule has 3 aromatic rings. The molecule has 1 aliphatic rings. The maximum Gasteiger partial charge on any atom is 0.167 e. The Balaban J connectivity index is 1.34.